The molecule has 5 rings (SSSR count). The first-order valence-electron chi connectivity index (χ1n) is 9.66. The van der Waals surface area contributed by atoms with Gasteiger partial charge in [-0.15, -0.1) is 0 Å². The number of fused-ring (bicyclic) bond motifs is 2. The summed E-state index contributed by atoms with van der Waals surface area (Å²) in [7, 11) is 0. The zero-order valence-electron chi connectivity index (χ0n) is 16.8. The third-order valence-corrected chi connectivity index (χ3v) is 5.78. The maximum Gasteiger partial charge on any atom is 0.411 e. The van der Waals surface area contributed by atoms with E-state index in [0.29, 0.717) is 11.4 Å². The number of carbonyl (C=O) groups excluding carboxylic acids is 2. The van der Waals surface area contributed by atoms with Crippen LogP contribution < -0.4 is 15.1 Å². The van der Waals surface area contributed by atoms with Gasteiger partial charge in [0.2, 0.25) is 11.4 Å². The molecule has 3 amide bonds. The molecule has 150 valence electrons. The molecule has 2 aromatic rings. The third-order valence-electron chi connectivity index (χ3n) is 5.78. The Morgan fingerprint density at radius 3 is 2.34 bits per heavy atom. The Morgan fingerprint density at radius 1 is 1.00 bits per heavy atom. The molecule has 0 aliphatic carbocycles. The Balaban J connectivity index is 1.78. The standard InChI is InChI=1S/C22H23N3O4/c1-20(2,3)28-17-15-12-8-9-13-16(15)25-19(27)24(14-10-6-5-7-11-14)21(4)22(17,25)23-18(26)29-21/h5-13,17H,1-4H3,(H,23,26). The summed E-state index contributed by atoms with van der Waals surface area (Å²) in [6.45, 7) is 7.63. The lowest BCUT2D eigenvalue weighted by Gasteiger charge is -2.42. The number of nitrogens with one attached hydrogen (secondary N) is 1. The number of benzene rings is 2. The molecular weight excluding hydrogens is 370 g/mol. The Bertz CT molecular complexity index is 1020. The highest BCUT2D eigenvalue weighted by molar-refractivity contribution is 6.12. The summed E-state index contributed by atoms with van der Waals surface area (Å²) in [4.78, 5) is 29.5. The van der Waals surface area contributed by atoms with Crippen LogP contribution in [-0.2, 0) is 9.47 Å². The van der Waals surface area contributed by atoms with Crippen molar-refractivity contribution < 1.29 is 19.1 Å². The zero-order valence-corrected chi connectivity index (χ0v) is 16.8. The second-order valence-corrected chi connectivity index (χ2v) is 8.72. The summed E-state index contributed by atoms with van der Waals surface area (Å²) in [5, 5.41) is 2.96. The zero-order chi connectivity index (χ0) is 20.6. The highest BCUT2D eigenvalue weighted by Gasteiger charge is 2.79. The molecular formula is C22H23N3O4. The van der Waals surface area contributed by atoms with E-state index in [1.807, 2.05) is 75.4 Å². The Kier molecular flexibility index (Phi) is 3.42. The highest BCUT2D eigenvalue weighted by atomic mass is 16.6. The number of urea groups is 1. The van der Waals surface area contributed by atoms with Crippen LogP contribution in [0.25, 0.3) is 0 Å². The quantitative estimate of drug-likeness (QED) is 0.832. The fourth-order valence-corrected chi connectivity index (χ4v) is 4.76. The van der Waals surface area contributed by atoms with Gasteiger partial charge >= 0.3 is 12.1 Å². The lowest BCUT2D eigenvalue weighted by molar-refractivity contribution is -0.118. The van der Waals surface area contributed by atoms with Crippen LogP contribution in [-0.4, -0.2) is 29.1 Å². The van der Waals surface area contributed by atoms with Gasteiger partial charge in [-0.05, 0) is 39.0 Å². The minimum Gasteiger partial charge on any atom is -0.418 e. The summed E-state index contributed by atoms with van der Waals surface area (Å²) in [6.07, 6.45) is -1.19. The molecule has 3 unspecified atom stereocenters. The molecule has 0 radical (unpaired) electrons. The summed E-state index contributed by atoms with van der Waals surface area (Å²) < 4.78 is 12.3. The molecule has 7 heteroatoms. The number of alkyl carbamates (subject to hydrolysis) is 1. The average molecular weight is 393 g/mol. The summed E-state index contributed by atoms with van der Waals surface area (Å²) in [5.74, 6) is 0. The van der Waals surface area contributed by atoms with Crippen molar-refractivity contribution in [3.05, 3.63) is 60.2 Å². The number of amides is 3. The fraction of sp³-hybridized carbons (Fsp3) is 0.364. The van der Waals surface area contributed by atoms with Crippen LogP contribution >= 0.6 is 0 Å². The monoisotopic (exact) mass is 393 g/mol. The molecule has 0 bridgehead atoms. The van der Waals surface area contributed by atoms with Gasteiger partial charge in [0.15, 0.2) is 0 Å². The van der Waals surface area contributed by atoms with Gasteiger partial charge in [0.1, 0.15) is 6.10 Å². The first kappa shape index (κ1) is 18.0. The van der Waals surface area contributed by atoms with Crippen molar-refractivity contribution >= 4 is 23.5 Å². The largest absolute Gasteiger partial charge is 0.418 e. The van der Waals surface area contributed by atoms with E-state index < -0.39 is 29.2 Å². The first-order chi connectivity index (χ1) is 13.7. The van der Waals surface area contributed by atoms with Gasteiger partial charge in [-0.2, -0.15) is 0 Å². The molecule has 0 aromatic heterocycles. The van der Waals surface area contributed by atoms with E-state index in [9.17, 15) is 9.59 Å². The smallest absolute Gasteiger partial charge is 0.411 e. The molecule has 2 aromatic carbocycles. The van der Waals surface area contributed by atoms with Crippen LogP contribution in [0.3, 0.4) is 0 Å². The highest BCUT2D eigenvalue weighted by Crippen LogP contribution is 2.61. The van der Waals surface area contributed by atoms with E-state index in [0.717, 1.165) is 5.56 Å². The van der Waals surface area contributed by atoms with Crippen LogP contribution in [0.5, 0.6) is 0 Å². The van der Waals surface area contributed by atoms with E-state index in [1.54, 1.807) is 16.7 Å². The predicted octanol–water partition coefficient (Wildman–Crippen LogP) is 4.16. The summed E-state index contributed by atoms with van der Waals surface area (Å²) in [6, 6.07) is 16.6. The van der Waals surface area contributed by atoms with Gasteiger partial charge in [-0.3, -0.25) is 15.1 Å². The minimum atomic E-state index is -1.31. The van der Waals surface area contributed by atoms with E-state index >= 15 is 0 Å². The molecule has 3 aliphatic heterocycles. The molecule has 7 nitrogen and oxygen atoms in total. The van der Waals surface area contributed by atoms with Gasteiger partial charge in [0.05, 0.1) is 11.3 Å². The van der Waals surface area contributed by atoms with E-state index in [1.165, 1.54) is 0 Å². The lowest BCUT2D eigenvalue weighted by Crippen LogP contribution is -2.65. The van der Waals surface area contributed by atoms with Crippen LogP contribution in [0.15, 0.2) is 54.6 Å². The molecule has 0 saturated carbocycles. The second kappa shape index (κ2) is 5.51. The van der Waals surface area contributed by atoms with Crippen LogP contribution in [0.1, 0.15) is 39.4 Å². The van der Waals surface area contributed by atoms with Gasteiger partial charge in [0, 0.05) is 18.2 Å². The van der Waals surface area contributed by atoms with Crippen molar-refractivity contribution in [3.63, 3.8) is 0 Å². The normalized spacial score (nSPS) is 30.0. The molecule has 1 N–H and O–H groups in total. The fourth-order valence-electron chi connectivity index (χ4n) is 4.76. The summed E-state index contributed by atoms with van der Waals surface area (Å²) in [5.41, 5.74) is -0.842. The molecule has 2 fully saturated rings. The molecule has 3 aliphatic rings. The van der Waals surface area contributed by atoms with Crippen LogP contribution in [0.2, 0.25) is 0 Å². The predicted molar refractivity (Wildman–Crippen MR) is 108 cm³/mol. The first-order valence-corrected chi connectivity index (χ1v) is 9.66. The van der Waals surface area contributed by atoms with Crippen LogP contribution in [0.4, 0.5) is 21.0 Å². The van der Waals surface area contributed by atoms with Crippen molar-refractivity contribution in [2.45, 2.75) is 50.8 Å². The van der Waals surface area contributed by atoms with E-state index in [4.69, 9.17) is 9.47 Å². The molecule has 29 heavy (non-hydrogen) atoms. The number of anilines is 2. The Morgan fingerprint density at radius 2 is 1.66 bits per heavy atom. The number of hydrogen-bond acceptors (Lipinski definition) is 4. The van der Waals surface area contributed by atoms with Crippen molar-refractivity contribution in [1.82, 2.24) is 5.32 Å². The van der Waals surface area contributed by atoms with E-state index in [2.05, 4.69) is 5.32 Å². The number of hydrogen-bond donors (Lipinski definition) is 1. The second-order valence-electron chi connectivity index (χ2n) is 8.72. The number of rotatable bonds is 2. The number of nitrogens with zero attached hydrogens (tertiary/aromatic N) is 2. The maximum absolute atomic E-state index is 13.7. The van der Waals surface area contributed by atoms with Crippen molar-refractivity contribution in [2.24, 2.45) is 0 Å². The molecule has 3 heterocycles. The summed E-state index contributed by atoms with van der Waals surface area (Å²) >= 11 is 0. The SMILES string of the molecule is CC(C)(C)OC1c2ccccc2N2C(=O)N(c3ccccc3)C3(C)OC(=O)NC123. The van der Waals surface area contributed by atoms with Gasteiger partial charge in [-0.25, -0.2) is 9.59 Å². The maximum atomic E-state index is 13.7. The molecule has 3 atom stereocenters. The van der Waals surface area contributed by atoms with Crippen LogP contribution in [0, 0.1) is 0 Å². The van der Waals surface area contributed by atoms with Gasteiger partial charge < -0.3 is 9.47 Å². The minimum absolute atomic E-state index is 0.272. The van der Waals surface area contributed by atoms with E-state index in [-0.39, 0.29) is 6.03 Å². The lowest BCUT2D eigenvalue weighted by atomic mass is 9.90. The topological polar surface area (TPSA) is 71.1 Å². The van der Waals surface area contributed by atoms with Crippen molar-refractivity contribution in [1.29, 1.82) is 0 Å². The third kappa shape index (κ3) is 2.16. The Labute approximate surface area is 169 Å². The molecule has 1 spiro atoms. The van der Waals surface area contributed by atoms with Gasteiger partial charge in [0.25, 0.3) is 0 Å². The number of ether oxygens (including phenoxy) is 2. The number of carbonyl (C=O) groups is 2. The van der Waals surface area contributed by atoms with Gasteiger partial charge in [-0.1, -0.05) is 36.4 Å². The van der Waals surface area contributed by atoms with Crippen molar-refractivity contribution in [2.75, 3.05) is 9.80 Å². The molecule has 2 saturated heterocycles. The number of para-hydroxylation sites is 2. The average Bonchev–Trinajstić information content (AvgIpc) is 3.13. The van der Waals surface area contributed by atoms with Crippen molar-refractivity contribution in [3.8, 4) is 0 Å². The Hall–Kier alpha value is -3.06.